The first-order valence-electron chi connectivity index (χ1n) is 9.67. The SMILES string of the molecule is CO[C@@H](C(Sc1ccccc1)[N+](=O)[O-])[C@@H](O[Si](C)(C)C(C)(C)C)c1ccccc1. The Morgan fingerprint density at radius 3 is 1.97 bits per heavy atom. The van der Waals surface area contributed by atoms with Gasteiger partial charge in [0, 0.05) is 16.9 Å². The molecule has 0 fully saturated rings. The van der Waals surface area contributed by atoms with Crippen LogP contribution in [0.25, 0.3) is 0 Å². The summed E-state index contributed by atoms with van der Waals surface area (Å²) in [4.78, 5) is 12.6. The molecule has 7 heteroatoms. The van der Waals surface area contributed by atoms with E-state index in [-0.39, 0.29) is 9.96 Å². The van der Waals surface area contributed by atoms with E-state index < -0.39 is 25.9 Å². The molecule has 0 N–H and O–H groups in total. The largest absolute Gasteiger partial charge is 0.407 e. The molecule has 0 aromatic heterocycles. The van der Waals surface area contributed by atoms with Gasteiger partial charge in [-0.1, -0.05) is 69.3 Å². The maximum absolute atomic E-state index is 12.1. The third kappa shape index (κ3) is 6.15. The number of nitrogens with zero attached hydrogens (tertiary/aromatic N) is 1. The predicted molar refractivity (Wildman–Crippen MR) is 121 cm³/mol. The average molecular weight is 434 g/mol. The first-order valence-corrected chi connectivity index (χ1v) is 13.5. The molecule has 5 nitrogen and oxygen atoms in total. The van der Waals surface area contributed by atoms with Gasteiger partial charge >= 0.3 is 0 Å². The predicted octanol–water partition coefficient (Wildman–Crippen LogP) is 6.16. The molecule has 0 aliphatic rings. The molecule has 3 atom stereocenters. The Morgan fingerprint density at radius 1 is 1.00 bits per heavy atom. The Morgan fingerprint density at radius 2 is 1.52 bits per heavy atom. The standard InChI is InChI=1S/C22H31NO4SSi/c1-22(2,3)29(5,6)27-19(17-13-9-7-10-14-17)20(26-4)21(23(24)25)28-18-15-11-8-12-16-18/h7-16,19-21H,1-6H3/t19-,20+,21?/m0/s1. The van der Waals surface area contributed by atoms with Crippen molar-refractivity contribution >= 4 is 20.1 Å². The van der Waals surface area contributed by atoms with E-state index in [1.165, 1.54) is 18.9 Å². The molecule has 0 saturated carbocycles. The van der Waals surface area contributed by atoms with Crippen molar-refractivity contribution in [3.8, 4) is 0 Å². The fraction of sp³-hybridized carbons (Fsp3) is 0.455. The molecule has 2 aromatic rings. The lowest BCUT2D eigenvalue weighted by Gasteiger charge is -2.41. The molecule has 0 spiro atoms. The van der Waals surface area contributed by atoms with Gasteiger partial charge in [-0.2, -0.15) is 0 Å². The first kappa shape index (κ1) is 23.6. The van der Waals surface area contributed by atoms with Crippen molar-refractivity contribution in [3.63, 3.8) is 0 Å². The normalized spacial score (nSPS) is 15.5. The zero-order valence-electron chi connectivity index (χ0n) is 18.0. The van der Waals surface area contributed by atoms with Crippen LogP contribution < -0.4 is 0 Å². The second-order valence-corrected chi connectivity index (χ2v) is 14.5. The van der Waals surface area contributed by atoms with Crippen LogP contribution in [0.4, 0.5) is 0 Å². The number of thioether (sulfide) groups is 1. The highest BCUT2D eigenvalue weighted by molar-refractivity contribution is 7.99. The summed E-state index contributed by atoms with van der Waals surface area (Å²) >= 11 is 1.20. The molecule has 2 rings (SSSR count). The molecule has 0 aliphatic carbocycles. The van der Waals surface area contributed by atoms with Crippen molar-refractivity contribution in [1.29, 1.82) is 0 Å². The van der Waals surface area contributed by atoms with Crippen LogP contribution in [-0.4, -0.2) is 31.8 Å². The Hall–Kier alpha value is -1.67. The van der Waals surface area contributed by atoms with Gasteiger partial charge in [0.25, 0.3) is 5.37 Å². The summed E-state index contributed by atoms with van der Waals surface area (Å²) in [6.45, 7) is 10.8. The van der Waals surface area contributed by atoms with Crippen LogP contribution in [0.3, 0.4) is 0 Å². The Bertz CT molecular complexity index is 780. The maximum atomic E-state index is 12.1. The van der Waals surface area contributed by atoms with Crippen LogP contribution in [0.2, 0.25) is 18.1 Å². The van der Waals surface area contributed by atoms with Crippen molar-refractivity contribution < 1.29 is 14.1 Å². The van der Waals surface area contributed by atoms with Crippen LogP contribution in [0.1, 0.15) is 32.4 Å². The molecule has 0 amide bonds. The van der Waals surface area contributed by atoms with E-state index in [0.717, 1.165) is 10.5 Å². The molecular formula is C22H31NO4SSi. The summed E-state index contributed by atoms with van der Waals surface area (Å²) in [5, 5.41) is 11.0. The highest BCUT2D eigenvalue weighted by atomic mass is 32.2. The van der Waals surface area contributed by atoms with Crippen LogP contribution in [0.5, 0.6) is 0 Å². The van der Waals surface area contributed by atoms with Gasteiger partial charge in [0.1, 0.15) is 6.10 Å². The van der Waals surface area contributed by atoms with Crippen LogP contribution in [0, 0.1) is 10.1 Å². The van der Waals surface area contributed by atoms with Crippen LogP contribution in [0.15, 0.2) is 65.6 Å². The van der Waals surface area contributed by atoms with Gasteiger partial charge in [0.15, 0.2) is 14.4 Å². The van der Waals surface area contributed by atoms with Crippen LogP contribution >= 0.6 is 11.8 Å². The molecule has 0 saturated heterocycles. The van der Waals surface area contributed by atoms with E-state index in [2.05, 4.69) is 33.9 Å². The number of nitro groups is 1. The topological polar surface area (TPSA) is 61.6 Å². The Balaban J connectivity index is 2.45. The van der Waals surface area contributed by atoms with Gasteiger partial charge < -0.3 is 9.16 Å². The summed E-state index contributed by atoms with van der Waals surface area (Å²) < 4.78 is 12.5. The fourth-order valence-corrected chi connectivity index (χ4v) is 5.05. The van der Waals surface area contributed by atoms with Gasteiger partial charge in [-0.3, -0.25) is 10.1 Å². The lowest BCUT2D eigenvalue weighted by molar-refractivity contribution is -0.509. The average Bonchev–Trinajstić information content (AvgIpc) is 2.67. The zero-order valence-corrected chi connectivity index (χ0v) is 19.8. The van der Waals surface area contributed by atoms with Gasteiger partial charge in [0.05, 0.1) is 0 Å². The summed E-state index contributed by atoms with van der Waals surface area (Å²) in [6.07, 6.45) is -1.28. The van der Waals surface area contributed by atoms with Crippen molar-refractivity contribution in [1.82, 2.24) is 0 Å². The number of rotatable bonds is 9. The minimum atomic E-state index is -2.21. The third-order valence-electron chi connectivity index (χ3n) is 5.42. The number of hydrogen-bond acceptors (Lipinski definition) is 5. The van der Waals surface area contributed by atoms with E-state index in [0.29, 0.717) is 0 Å². The minimum Gasteiger partial charge on any atom is -0.407 e. The van der Waals surface area contributed by atoms with E-state index >= 15 is 0 Å². The molecule has 29 heavy (non-hydrogen) atoms. The lowest BCUT2D eigenvalue weighted by atomic mass is 10.0. The van der Waals surface area contributed by atoms with Crippen molar-refractivity contribution in [2.24, 2.45) is 0 Å². The Labute approximate surface area is 179 Å². The second-order valence-electron chi connectivity index (χ2n) is 8.52. The lowest BCUT2D eigenvalue weighted by Crippen LogP contribution is -2.47. The number of methoxy groups -OCH3 is 1. The molecule has 0 heterocycles. The van der Waals surface area contributed by atoms with E-state index in [4.69, 9.17) is 9.16 Å². The van der Waals surface area contributed by atoms with Crippen LogP contribution in [-0.2, 0) is 9.16 Å². The number of ether oxygens (including phenoxy) is 1. The van der Waals surface area contributed by atoms with Crippen molar-refractivity contribution in [2.45, 2.75) is 61.4 Å². The van der Waals surface area contributed by atoms with Gasteiger partial charge in [-0.15, -0.1) is 0 Å². The highest BCUT2D eigenvalue weighted by Crippen LogP contribution is 2.43. The summed E-state index contributed by atoms with van der Waals surface area (Å²) in [6, 6.07) is 19.1. The van der Waals surface area contributed by atoms with Crippen molar-refractivity contribution in [3.05, 3.63) is 76.3 Å². The fourth-order valence-electron chi connectivity index (χ4n) is 2.72. The molecule has 1 unspecified atom stereocenters. The molecule has 2 aromatic carbocycles. The Kier molecular flexibility index (Phi) is 8.05. The first-order chi connectivity index (χ1) is 13.6. The maximum Gasteiger partial charge on any atom is 0.291 e. The summed E-state index contributed by atoms with van der Waals surface area (Å²) in [5.74, 6) is 0. The summed E-state index contributed by atoms with van der Waals surface area (Å²) in [5.41, 5.74) is 0.893. The summed E-state index contributed by atoms with van der Waals surface area (Å²) in [7, 11) is -0.689. The highest BCUT2D eigenvalue weighted by Gasteiger charge is 2.46. The van der Waals surface area contributed by atoms with Gasteiger partial charge in [0.2, 0.25) is 0 Å². The second kappa shape index (κ2) is 9.89. The van der Waals surface area contributed by atoms with E-state index in [1.807, 2.05) is 60.7 Å². The molecule has 158 valence electrons. The molecule has 0 aliphatic heterocycles. The number of benzene rings is 2. The quantitative estimate of drug-likeness (QED) is 0.156. The van der Waals surface area contributed by atoms with Gasteiger partial charge in [-0.05, 0) is 47.6 Å². The molecular weight excluding hydrogens is 402 g/mol. The number of hydrogen-bond donors (Lipinski definition) is 0. The zero-order chi connectivity index (χ0) is 21.7. The monoisotopic (exact) mass is 433 g/mol. The minimum absolute atomic E-state index is 0.0327. The molecule has 0 radical (unpaired) electrons. The third-order valence-corrected chi connectivity index (χ3v) is 11.1. The van der Waals surface area contributed by atoms with Crippen molar-refractivity contribution in [2.75, 3.05) is 7.11 Å². The van der Waals surface area contributed by atoms with E-state index in [1.54, 1.807) is 0 Å². The smallest absolute Gasteiger partial charge is 0.291 e. The van der Waals surface area contributed by atoms with Gasteiger partial charge in [-0.25, -0.2) is 0 Å². The molecule has 0 bridgehead atoms. The van der Waals surface area contributed by atoms with E-state index in [9.17, 15) is 10.1 Å².